The predicted molar refractivity (Wildman–Crippen MR) is 139 cm³/mol. The molecule has 1 saturated carbocycles. The van der Waals surface area contributed by atoms with E-state index in [1.807, 2.05) is 19.0 Å². The molecule has 7 nitrogen and oxygen atoms in total. The Hall–Kier alpha value is -2.72. The molecule has 2 aromatic rings. The van der Waals surface area contributed by atoms with Gasteiger partial charge in [-0.2, -0.15) is 0 Å². The molecule has 36 heavy (non-hydrogen) atoms. The van der Waals surface area contributed by atoms with Crippen LogP contribution in [0.4, 0.5) is 20.2 Å². The molecule has 0 radical (unpaired) electrons. The Morgan fingerprint density at radius 1 is 1.14 bits per heavy atom. The van der Waals surface area contributed by atoms with E-state index < -0.39 is 16.5 Å². The summed E-state index contributed by atoms with van der Waals surface area (Å²) in [5.74, 6) is -0.965. The van der Waals surface area contributed by atoms with Gasteiger partial charge in [-0.25, -0.2) is 8.78 Å². The number of benzene rings is 2. The quantitative estimate of drug-likeness (QED) is 0.206. The highest BCUT2D eigenvalue weighted by molar-refractivity contribution is 7.98. The Labute approximate surface area is 215 Å². The topological polar surface area (TPSA) is 87.5 Å². The van der Waals surface area contributed by atoms with Crippen LogP contribution >= 0.6 is 11.9 Å². The van der Waals surface area contributed by atoms with Gasteiger partial charge in [0.2, 0.25) is 0 Å². The van der Waals surface area contributed by atoms with Gasteiger partial charge in [-0.05, 0) is 107 Å². The SMILES string of the molecule is CN(C)CCC(CCc1ccc(F)cc1)Nc1ccc(SNC(=O)C2(F)CCCCC2)cc1[N+](=O)[O-]. The molecule has 2 N–H and O–H groups in total. The van der Waals surface area contributed by atoms with Gasteiger partial charge in [0.25, 0.3) is 11.6 Å². The van der Waals surface area contributed by atoms with Crippen LogP contribution in [0.2, 0.25) is 0 Å². The van der Waals surface area contributed by atoms with E-state index in [4.69, 9.17) is 0 Å². The average molecular weight is 521 g/mol. The number of carbonyl (C=O) groups is 1. The van der Waals surface area contributed by atoms with E-state index in [-0.39, 0.29) is 30.4 Å². The van der Waals surface area contributed by atoms with Crippen molar-refractivity contribution in [2.24, 2.45) is 0 Å². The van der Waals surface area contributed by atoms with E-state index in [9.17, 15) is 23.7 Å². The molecule has 1 aliphatic carbocycles. The van der Waals surface area contributed by atoms with E-state index in [0.29, 0.717) is 36.3 Å². The maximum absolute atomic E-state index is 14.9. The average Bonchev–Trinajstić information content (AvgIpc) is 2.85. The molecule has 0 spiro atoms. The largest absolute Gasteiger partial charge is 0.377 e. The number of anilines is 1. The molecule has 1 amide bonds. The molecule has 3 rings (SSSR count). The lowest BCUT2D eigenvalue weighted by Crippen LogP contribution is -2.42. The number of halogens is 2. The van der Waals surface area contributed by atoms with E-state index in [1.165, 1.54) is 18.2 Å². The summed E-state index contributed by atoms with van der Waals surface area (Å²) in [4.78, 5) is 26.3. The molecule has 0 saturated heterocycles. The third kappa shape index (κ3) is 8.16. The van der Waals surface area contributed by atoms with Gasteiger partial charge >= 0.3 is 0 Å². The second-order valence-corrected chi connectivity index (χ2v) is 10.5. The summed E-state index contributed by atoms with van der Waals surface area (Å²) in [6.07, 6.45) is 4.85. The number of rotatable bonds is 12. The van der Waals surface area contributed by atoms with Crippen molar-refractivity contribution in [1.29, 1.82) is 0 Å². The van der Waals surface area contributed by atoms with Gasteiger partial charge in [-0.1, -0.05) is 18.6 Å². The highest BCUT2D eigenvalue weighted by Crippen LogP contribution is 2.34. The van der Waals surface area contributed by atoms with E-state index in [2.05, 4.69) is 10.0 Å². The van der Waals surface area contributed by atoms with Gasteiger partial charge in [0.1, 0.15) is 11.5 Å². The van der Waals surface area contributed by atoms with Gasteiger partial charge in [0.05, 0.1) is 4.92 Å². The molecular weight excluding hydrogens is 486 g/mol. The van der Waals surface area contributed by atoms with E-state index >= 15 is 0 Å². The number of nitro groups is 1. The summed E-state index contributed by atoms with van der Waals surface area (Å²) in [5.41, 5.74) is -0.608. The number of nitrogens with one attached hydrogen (secondary N) is 2. The molecule has 0 aromatic heterocycles. The minimum atomic E-state index is -1.87. The van der Waals surface area contributed by atoms with Gasteiger partial charge < -0.3 is 10.2 Å². The summed E-state index contributed by atoms with van der Waals surface area (Å²) in [5, 5.41) is 15.2. The molecule has 1 aliphatic rings. The molecule has 196 valence electrons. The number of alkyl halides is 1. The van der Waals surface area contributed by atoms with E-state index in [0.717, 1.165) is 36.9 Å². The van der Waals surface area contributed by atoms with Gasteiger partial charge in [-0.15, -0.1) is 0 Å². The first-order valence-electron chi connectivity index (χ1n) is 12.3. The zero-order valence-electron chi connectivity index (χ0n) is 20.8. The minimum absolute atomic E-state index is 0.0490. The molecule has 0 aliphatic heterocycles. The number of aryl methyl sites for hydroxylation is 1. The van der Waals surface area contributed by atoms with Crippen LogP contribution in [0.1, 0.15) is 50.5 Å². The maximum atomic E-state index is 14.9. The monoisotopic (exact) mass is 520 g/mol. The van der Waals surface area contributed by atoms with Crippen LogP contribution in [0.3, 0.4) is 0 Å². The molecule has 2 aromatic carbocycles. The van der Waals surface area contributed by atoms with Crippen molar-refractivity contribution in [3.05, 3.63) is 64.0 Å². The highest BCUT2D eigenvalue weighted by atomic mass is 32.2. The number of nitro benzene ring substituents is 1. The zero-order chi connectivity index (χ0) is 26.1. The Kier molecular flexibility index (Phi) is 10.1. The summed E-state index contributed by atoms with van der Waals surface area (Å²) in [6, 6.07) is 11.0. The molecule has 1 fully saturated rings. The second-order valence-electron chi connectivity index (χ2n) is 9.59. The Balaban J connectivity index is 1.68. The Bertz CT molecular complexity index is 1030. The van der Waals surface area contributed by atoms with Crippen molar-refractivity contribution in [3.63, 3.8) is 0 Å². The van der Waals surface area contributed by atoms with Crippen LogP contribution in [-0.4, -0.2) is 48.1 Å². The lowest BCUT2D eigenvalue weighted by molar-refractivity contribution is -0.384. The van der Waals surface area contributed by atoms with Crippen LogP contribution in [0.25, 0.3) is 0 Å². The van der Waals surface area contributed by atoms with Crippen molar-refractivity contribution in [1.82, 2.24) is 9.62 Å². The molecule has 0 heterocycles. The number of carbonyl (C=O) groups excluding carboxylic acids is 1. The van der Waals surface area contributed by atoms with Crippen molar-refractivity contribution < 1.29 is 18.5 Å². The predicted octanol–water partition coefficient (Wildman–Crippen LogP) is 5.89. The standard InChI is InChI=1S/C26H34F2N4O3S/c1-31(2)17-14-21(11-8-19-6-9-20(27)10-7-19)29-23-13-12-22(18-24(23)32(34)35)36-30-25(33)26(28)15-4-3-5-16-26/h6-7,9-10,12-13,18,21,29H,3-5,8,11,14-17H2,1-2H3,(H,30,33). The van der Waals surface area contributed by atoms with Crippen LogP contribution < -0.4 is 10.0 Å². The number of nitrogens with zero attached hydrogens (tertiary/aromatic N) is 2. The molecule has 0 bridgehead atoms. The van der Waals surface area contributed by atoms with Gasteiger partial charge in [-0.3, -0.25) is 19.6 Å². The molecular formula is C26H34F2N4O3S. The third-order valence-corrected chi connectivity index (χ3v) is 7.24. The Morgan fingerprint density at radius 2 is 1.83 bits per heavy atom. The summed E-state index contributed by atoms with van der Waals surface area (Å²) < 4.78 is 30.6. The lowest BCUT2D eigenvalue weighted by atomic mass is 9.86. The van der Waals surface area contributed by atoms with Crippen LogP contribution in [-0.2, 0) is 11.2 Å². The molecule has 10 heteroatoms. The van der Waals surface area contributed by atoms with Crippen molar-refractivity contribution >= 4 is 29.2 Å². The highest BCUT2D eigenvalue weighted by Gasteiger charge is 2.39. The van der Waals surface area contributed by atoms with Crippen LogP contribution in [0.5, 0.6) is 0 Å². The summed E-state index contributed by atoms with van der Waals surface area (Å²) >= 11 is 0.894. The van der Waals surface area contributed by atoms with Crippen molar-refractivity contribution in [2.45, 2.75) is 68.0 Å². The Morgan fingerprint density at radius 3 is 2.47 bits per heavy atom. The lowest BCUT2D eigenvalue weighted by Gasteiger charge is -2.27. The van der Waals surface area contributed by atoms with Crippen LogP contribution in [0.15, 0.2) is 47.4 Å². The third-order valence-electron chi connectivity index (χ3n) is 6.46. The summed E-state index contributed by atoms with van der Waals surface area (Å²) in [7, 11) is 3.93. The number of amides is 1. The maximum Gasteiger partial charge on any atom is 0.293 e. The van der Waals surface area contributed by atoms with Crippen LogP contribution in [0, 0.1) is 15.9 Å². The summed E-state index contributed by atoms with van der Waals surface area (Å²) in [6.45, 7) is 0.791. The van der Waals surface area contributed by atoms with Crippen molar-refractivity contribution in [2.75, 3.05) is 26.0 Å². The first kappa shape index (κ1) is 27.9. The fourth-order valence-corrected chi connectivity index (χ4v) is 5.00. The minimum Gasteiger partial charge on any atom is -0.377 e. The first-order chi connectivity index (χ1) is 17.2. The number of hydrogen-bond donors (Lipinski definition) is 2. The van der Waals surface area contributed by atoms with E-state index in [1.54, 1.807) is 24.3 Å². The number of hydrogen-bond acceptors (Lipinski definition) is 6. The van der Waals surface area contributed by atoms with Gasteiger partial charge in [0, 0.05) is 17.0 Å². The normalized spacial score (nSPS) is 15.9. The fraction of sp³-hybridized carbons (Fsp3) is 0.500. The van der Waals surface area contributed by atoms with Gasteiger partial charge in [0.15, 0.2) is 5.67 Å². The smallest absolute Gasteiger partial charge is 0.293 e. The first-order valence-corrected chi connectivity index (χ1v) is 13.1. The second kappa shape index (κ2) is 13.0. The van der Waals surface area contributed by atoms with Crippen molar-refractivity contribution in [3.8, 4) is 0 Å². The fourth-order valence-electron chi connectivity index (χ4n) is 4.30. The molecule has 1 unspecified atom stereocenters. The molecule has 1 atom stereocenters. The zero-order valence-corrected chi connectivity index (χ0v) is 21.6.